The molecule has 0 saturated carbocycles. The molecule has 106 valence electrons. The third-order valence-electron chi connectivity index (χ3n) is 2.74. The maximum Gasteiger partial charge on any atom is 0.358 e. The van der Waals surface area contributed by atoms with Gasteiger partial charge in [0.1, 0.15) is 5.82 Å². The molecule has 0 aliphatic carbocycles. The third-order valence-corrected chi connectivity index (χ3v) is 3.04. The van der Waals surface area contributed by atoms with Crippen LogP contribution in [0.4, 0.5) is 4.39 Å². The zero-order valence-corrected chi connectivity index (χ0v) is 11.1. The summed E-state index contributed by atoms with van der Waals surface area (Å²) in [5, 5.41) is 16.4. The Balaban J connectivity index is 2.32. The average molecular weight is 299 g/mol. The fourth-order valence-corrected chi connectivity index (χ4v) is 1.94. The zero-order valence-electron chi connectivity index (χ0n) is 10.4. The van der Waals surface area contributed by atoms with Crippen LogP contribution >= 0.6 is 11.6 Å². The van der Waals surface area contributed by atoms with E-state index in [1.165, 1.54) is 16.8 Å². The minimum Gasteiger partial charge on any atom is -0.476 e. The van der Waals surface area contributed by atoms with Gasteiger partial charge in [0.2, 0.25) is 0 Å². The molecule has 0 spiro atoms. The van der Waals surface area contributed by atoms with Gasteiger partial charge < -0.3 is 10.8 Å². The van der Waals surface area contributed by atoms with Crippen LogP contribution in [0.3, 0.4) is 0 Å². The Morgan fingerprint density at radius 1 is 1.50 bits per heavy atom. The number of hydrogen-bond donors (Lipinski definition) is 2. The van der Waals surface area contributed by atoms with Crippen molar-refractivity contribution in [3.05, 3.63) is 46.0 Å². The fraction of sp³-hybridized carbons (Fsp3) is 0.250. The Labute approximate surface area is 119 Å². The molecule has 0 aliphatic rings. The van der Waals surface area contributed by atoms with E-state index in [9.17, 15) is 9.18 Å². The molecule has 0 fully saturated rings. The van der Waals surface area contributed by atoms with Crippen LogP contribution in [-0.4, -0.2) is 32.6 Å². The minimum absolute atomic E-state index is 0.0285. The average Bonchev–Trinajstić information content (AvgIpc) is 2.78. The number of rotatable bonds is 5. The smallest absolute Gasteiger partial charge is 0.358 e. The molecule has 0 radical (unpaired) electrons. The Morgan fingerprint density at radius 3 is 2.85 bits per heavy atom. The largest absolute Gasteiger partial charge is 0.476 e. The maximum atomic E-state index is 13.4. The van der Waals surface area contributed by atoms with E-state index in [4.69, 9.17) is 22.4 Å². The van der Waals surface area contributed by atoms with Gasteiger partial charge in [-0.3, -0.25) is 0 Å². The molecule has 0 atom stereocenters. The predicted molar refractivity (Wildman–Crippen MR) is 70.3 cm³/mol. The van der Waals surface area contributed by atoms with Crippen molar-refractivity contribution in [3.8, 4) is 0 Å². The van der Waals surface area contributed by atoms with Crippen molar-refractivity contribution in [1.82, 2.24) is 15.0 Å². The number of carboxylic acid groups (broad SMARTS) is 1. The van der Waals surface area contributed by atoms with Gasteiger partial charge in [-0.15, -0.1) is 5.10 Å². The van der Waals surface area contributed by atoms with E-state index < -0.39 is 11.8 Å². The van der Waals surface area contributed by atoms with Gasteiger partial charge in [0, 0.05) is 6.42 Å². The first-order chi connectivity index (χ1) is 9.52. The summed E-state index contributed by atoms with van der Waals surface area (Å²) in [7, 11) is 0. The lowest BCUT2D eigenvalue weighted by Gasteiger charge is -2.07. The van der Waals surface area contributed by atoms with Crippen LogP contribution in [0.2, 0.25) is 5.02 Å². The molecule has 6 nitrogen and oxygen atoms in total. The molecular formula is C12H12ClFN4O2. The number of benzene rings is 1. The second kappa shape index (κ2) is 5.98. The number of aromatic nitrogens is 3. The number of aromatic carboxylic acids is 1. The molecule has 3 N–H and O–H groups in total. The van der Waals surface area contributed by atoms with Crippen molar-refractivity contribution < 1.29 is 14.3 Å². The molecule has 1 heterocycles. The van der Waals surface area contributed by atoms with E-state index in [-0.39, 0.29) is 23.8 Å². The Morgan fingerprint density at radius 2 is 2.25 bits per heavy atom. The summed E-state index contributed by atoms with van der Waals surface area (Å²) in [5.74, 6) is -1.70. The zero-order chi connectivity index (χ0) is 14.7. The van der Waals surface area contributed by atoms with Crippen molar-refractivity contribution >= 4 is 17.6 Å². The first-order valence-electron chi connectivity index (χ1n) is 5.82. The Kier molecular flexibility index (Phi) is 4.31. The Hall–Kier alpha value is -1.99. The molecule has 1 aromatic carbocycles. The van der Waals surface area contributed by atoms with Gasteiger partial charge in [-0.1, -0.05) is 22.9 Å². The van der Waals surface area contributed by atoms with Gasteiger partial charge in [-0.2, -0.15) is 0 Å². The van der Waals surface area contributed by atoms with Gasteiger partial charge in [0.05, 0.1) is 17.3 Å². The van der Waals surface area contributed by atoms with Gasteiger partial charge in [-0.25, -0.2) is 13.9 Å². The van der Waals surface area contributed by atoms with Crippen LogP contribution in [0.15, 0.2) is 18.2 Å². The van der Waals surface area contributed by atoms with Crippen LogP contribution in [0, 0.1) is 5.82 Å². The van der Waals surface area contributed by atoms with Gasteiger partial charge in [-0.05, 0) is 24.2 Å². The van der Waals surface area contributed by atoms with Crippen molar-refractivity contribution in [2.45, 2.75) is 13.0 Å². The quantitative estimate of drug-likeness (QED) is 0.868. The highest BCUT2D eigenvalue weighted by Gasteiger charge is 2.18. The van der Waals surface area contributed by atoms with E-state index in [2.05, 4.69) is 10.3 Å². The SMILES string of the molecule is NCCc1c(C(=O)O)nnn1Cc1ccc(Cl)c(F)c1. The monoisotopic (exact) mass is 298 g/mol. The van der Waals surface area contributed by atoms with Crippen molar-refractivity contribution in [3.63, 3.8) is 0 Å². The van der Waals surface area contributed by atoms with Crippen LogP contribution in [-0.2, 0) is 13.0 Å². The molecule has 0 unspecified atom stereocenters. The van der Waals surface area contributed by atoms with Crippen molar-refractivity contribution in [1.29, 1.82) is 0 Å². The van der Waals surface area contributed by atoms with Crippen molar-refractivity contribution in [2.24, 2.45) is 5.73 Å². The van der Waals surface area contributed by atoms with Crippen LogP contribution < -0.4 is 5.73 Å². The summed E-state index contributed by atoms with van der Waals surface area (Å²) >= 11 is 5.61. The summed E-state index contributed by atoms with van der Waals surface area (Å²) in [6.07, 6.45) is 0.324. The highest BCUT2D eigenvalue weighted by atomic mass is 35.5. The van der Waals surface area contributed by atoms with E-state index >= 15 is 0 Å². The number of hydrogen-bond acceptors (Lipinski definition) is 4. The number of nitrogens with two attached hydrogens (primary N) is 1. The molecule has 1 aromatic heterocycles. The minimum atomic E-state index is -1.16. The highest BCUT2D eigenvalue weighted by molar-refractivity contribution is 6.30. The third kappa shape index (κ3) is 2.94. The van der Waals surface area contributed by atoms with Crippen LogP contribution in [0.5, 0.6) is 0 Å². The predicted octanol–water partition coefficient (Wildman–Crippen LogP) is 1.32. The van der Waals surface area contributed by atoms with E-state index in [1.807, 2.05) is 0 Å². The maximum absolute atomic E-state index is 13.4. The molecular weight excluding hydrogens is 287 g/mol. The molecule has 8 heteroatoms. The van der Waals surface area contributed by atoms with E-state index in [0.29, 0.717) is 17.7 Å². The molecule has 2 aromatic rings. The molecule has 0 amide bonds. The normalized spacial score (nSPS) is 10.8. The lowest BCUT2D eigenvalue weighted by molar-refractivity contribution is 0.0689. The van der Waals surface area contributed by atoms with E-state index in [1.54, 1.807) is 6.07 Å². The molecule has 0 bridgehead atoms. The number of halogens is 2. The first-order valence-corrected chi connectivity index (χ1v) is 6.20. The number of carboxylic acids is 1. The standard InChI is InChI=1S/C12H12ClFN4O2/c13-8-2-1-7(5-9(8)14)6-18-10(3-4-15)11(12(19)20)16-17-18/h1-2,5H,3-4,6,15H2,(H,19,20). The molecule has 2 rings (SSSR count). The summed E-state index contributed by atoms with van der Waals surface area (Å²) in [6, 6.07) is 4.35. The molecule has 20 heavy (non-hydrogen) atoms. The highest BCUT2D eigenvalue weighted by Crippen LogP contribution is 2.17. The fourth-order valence-electron chi connectivity index (χ4n) is 1.82. The van der Waals surface area contributed by atoms with E-state index in [0.717, 1.165) is 0 Å². The first kappa shape index (κ1) is 14.4. The number of carbonyl (C=O) groups is 1. The molecule has 0 aliphatic heterocycles. The van der Waals surface area contributed by atoms with Crippen molar-refractivity contribution in [2.75, 3.05) is 6.54 Å². The summed E-state index contributed by atoms with van der Waals surface area (Å²) in [5.41, 5.74) is 6.34. The van der Waals surface area contributed by atoms with Crippen LogP contribution in [0.25, 0.3) is 0 Å². The second-order valence-electron chi connectivity index (χ2n) is 4.13. The van der Waals surface area contributed by atoms with Gasteiger partial charge >= 0.3 is 5.97 Å². The lowest BCUT2D eigenvalue weighted by Crippen LogP contribution is -2.14. The topological polar surface area (TPSA) is 94.0 Å². The van der Waals surface area contributed by atoms with Gasteiger partial charge in [0.15, 0.2) is 5.69 Å². The van der Waals surface area contributed by atoms with Gasteiger partial charge in [0.25, 0.3) is 0 Å². The summed E-state index contributed by atoms with van der Waals surface area (Å²) < 4.78 is 14.8. The lowest BCUT2D eigenvalue weighted by atomic mass is 10.2. The second-order valence-corrected chi connectivity index (χ2v) is 4.54. The number of nitrogens with zero attached hydrogens (tertiary/aromatic N) is 3. The Bertz CT molecular complexity index is 644. The summed E-state index contributed by atoms with van der Waals surface area (Å²) in [4.78, 5) is 11.0. The van der Waals surface area contributed by atoms with Crippen LogP contribution in [0.1, 0.15) is 21.7 Å². The molecule has 0 saturated heterocycles. The summed E-state index contributed by atoms with van der Waals surface area (Å²) in [6.45, 7) is 0.465.